The monoisotopic (exact) mass is 437 g/mol. The first-order valence-corrected chi connectivity index (χ1v) is 11.2. The molecule has 1 aliphatic heterocycles. The number of fused-ring (bicyclic) bond motifs is 1. The highest BCUT2D eigenvalue weighted by Gasteiger charge is 2.21. The molecular weight excluding hydrogens is 406 g/mol. The number of aryl methyl sites for hydroxylation is 1. The molecule has 0 radical (unpaired) electrons. The predicted octanol–water partition coefficient (Wildman–Crippen LogP) is 2.64. The van der Waals surface area contributed by atoms with Crippen LogP contribution in [0.25, 0.3) is 10.9 Å². The van der Waals surface area contributed by atoms with Gasteiger partial charge in [0.1, 0.15) is 12.4 Å². The fourth-order valence-electron chi connectivity index (χ4n) is 4.35. The van der Waals surface area contributed by atoms with Crippen molar-refractivity contribution in [3.05, 3.63) is 47.9 Å². The Labute approximate surface area is 188 Å². The van der Waals surface area contributed by atoms with Crippen LogP contribution in [-0.4, -0.2) is 58.8 Å². The first kappa shape index (κ1) is 22.2. The lowest BCUT2D eigenvalue weighted by molar-refractivity contribution is 0.0903. The summed E-state index contributed by atoms with van der Waals surface area (Å²) in [7, 11) is 1.70. The van der Waals surface area contributed by atoms with Crippen molar-refractivity contribution in [3.63, 3.8) is 0 Å². The van der Waals surface area contributed by atoms with E-state index in [1.807, 2.05) is 6.07 Å². The number of carbonyl (C=O) groups excluding carboxylic acids is 1. The van der Waals surface area contributed by atoms with Crippen molar-refractivity contribution in [3.8, 4) is 5.75 Å². The Balaban J connectivity index is 1.29. The standard InChI is InChI=1S/C24H31N5O3/c1-3-28-15-19(21-5-4-20(32-2)10-22(21)28)12-25-11-17-6-8-29(9-7-17)24-26-13-18(14-27-24)23(31)16-30/h4-5,10,13-15,17,25,30H,3,6-9,11-12,16H2,1-2H3. The molecule has 170 valence electrons. The zero-order chi connectivity index (χ0) is 22.5. The average molecular weight is 438 g/mol. The fraction of sp³-hybridized carbons (Fsp3) is 0.458. The molecule has 1 saturated heterocycles. The molecular formula is C24H31N5O3. The lowest BCUT2D eigenvalue weighted by Crippen LogP contribution is -2.38. The van der Waals surface area contributed by atoms with Gasteiger partial charge < -0.3 is 24.6 Å². The van der Waals surface area contributed by atoms with Crippen LogP contribution in [-0.2, 0) is 13.1 Å². The predicted molar refractivity (Wildman–Crippen MR) is 124 cm³/mol. The summed E-state index contributed by atoms with van der Waals surface area (Å²) in [5.41, 5.74) is 2.87. The molecule has 3 aromatic rings. The van der Waals surface area contributed by atoms with E-state index in [9.17, 15) is 4.79 Å². The highest BCUT2D eigenvalue weighted by atomic mass is 16.5. The Morgan fingerprint density at radius 1 is 1.25 bits per heavy atom. The van der Waals surface area contributed by atoms with Gasteiger partial charge in [-0.3, -0.25) is 4.79 Å². The quantitative estimate of drug-likeness (QED) is 0.497. The second kappa shape index (κ2) is 10.1. The number of aliphatic hydroxyl groups excluding tert-OH is 1. The summed E-state index contributed by atoms with van der Waals surface area (Å²) in [4.78, 5) is 22.3. The van der Waals surface area contributed by atoms with Gasteiger partial charge in [-0.2, -0.15) is 0 Å². The van der Waals surface area contributed by atoms with E-state index < -0.39 is 6.61 Å². The minimum atomic E-state index is -0.520. The van der Waals surface area contributed by atoms with Crippen molar-refractivity contribution < 1.29 is 14.6 Å². The molecule has 0 atom stereocenters. The minimum Gasteiger partial charge on any atom is -0.497 e. The largest absolute Gasteiger partial charge is 0.497 e. The highest BCUT2D eigenvalue weighted by molar-refractivity contribution is 5.96. The van der Waals surface area contributed by atoms with E-state index in [1.54, 1.807) is 7.11 Å². The van der Waals surface area contributed by atoms with Gasteiger partial charge >= 0.3 is 0 Å². The summed E-state index contributed by atoms with van der Waals surface area (Å²) in [5.74, 6) is 1.78. The molecule has 0 aliphatic carbocycles. The number of ether oxygens (including phenoxy) is 1. The van der Waals surface area contributed by atoms with Crippen molar-refractivity contribution in [2.75, 3.05) is 38.3 Å². The number of nitrogens with zero attached hydrogens (tertiary/aromatic N) is 4. The van der Waals surface area contributed by atoms with Crippen molar-refractivity contribution in [2.24, 2.45) is 5.92 Å². The summed E-state index contributed by atoms with van der Waals surface area (Å²) < 4.78 is 7.66. The SMILES string of the molecule is CCn1cc(CNCC2CCN(c3ncc(C(=O)CO)cn3)CC2)c2ccc(OC)cc21. The van der Waals surface area contributed by atoms with E-state index >= 15 is 0 Å². The number of hydrogen-bond donors (Lipinski definition) is 2. The van der Waals surface area contributed by atoms with E-state index in [4.69, 9.17) is 9.84 Å². The van der Waals surface area contributed by atoms with Gasteiger partial charge in [-0.25, -0.2) is 9.97 Å². The van der Waals surface area contributed by atoms with E-state index in [-0.39, 0.29) is 5.78 Å². The second-order valence-electron chi connectivity index (χ2n) is 8.24. The van der Waals surface area contributed by atoms with Crippen molar-refractivity contribution in [1.82, 2.24) is 19.9 Å². The molecule has 1 fully saturated rings. The molecule has 2 aromatic heterocycles. The Hall–Kier alpha value is -2.97. The zero-order valence-electron chi connectivity index (χ0n) is 18.8. The van der Waals surface area contributed by atoms with Crippen molar-refractivity contribution in [1.29, 1.82) is 0 Å². The Kier molecular flexibility index (Phi) is 7.02. The van der Waals surface area contributed by atoms with E-state index in [0.717, 1.165) is 51.3 Å². The van der Waals surface area contributed by atoms with Crippen molar-refractivity contribution in [2.45, 2.75) is 32.9 Å². The summed E-state index contributed by atoms with van der Waals surface area (Å²) in [5, 5.41) is 13.9. The molecule has 4 rings (SSSR count). The van der Waals surface area contributed by atoms with Crippen LogP contribution in [0.1, 0.15) is 35.7 Å². The molecule has 0 bridgehead atoms. The summed E-state index contributed by atoms with van der Waals surface area (Å²) >= 11 is 0. The first-order chi connectivity index (χ1) is 15.6. The Morgan fingerprint density at radius 3 is 2.66 bits per heavy atom. The number of methoxy groups -OCH3 is 1. The number of rotatable bonds is 9. The number of nitrogens with one attached hydrogen (secondary N) is 1. The van der Waals surface area contributed by atoms with Crippen LogP contribution >= 0.6 is 0 Å². The van der Waals surface area contributed by atoms with Gasteiger partial charge in [-0.15, -0.1) is 0 Å². The third-order valence-electron chi connectivity index (χ3n) is 6.26. The molecule has 8 heteroatoms. The van der Waals surface area contributed by atoms with Crippen LogP contribution in [0.15, 0.2) is 36.8 Å². The summed E-state index contributed by atoms with van der Waals surface area (Å²) in [6.45, 7) is 6.19. The average Bonchev–Trinajstić information content (AvgIpc) is 3.21. The molecule has 1 aromatic carbocycles. The number of aliphatic hydroxyl groups is 1. The normalized spacial score (nSPS) is 14.8. The van der Waals surface area contributed by atoms with E-state index in [0.29, 0.717) is 17.4 Å². The number of anilines is 1. The number of carbonyl (C=O) groups is 1. The second-order valence-corrected chi connectivity index (χ2v) is 8.24. The van der Waals surface area contributed by atoms with Crippen LogP contribution in [0.2, 0.25) is 0 Å². The number of benzene rings is 1. The number of aromatic nitrogens is 3. The van der Waals surface area contributed by atoms with E-state index in [2.05, 4.69) is 50.0 Å². The molecule has 3 heterocycles. The molecule has 0 spiro atoms. The lowest BCUT2D eigenvalue weighted by Gasteiger charge is -2.32. The maximum Gasteiger partial charge on any atom is 0.225 e. The number of piperidine rings is 1. The number of ketones is 1. The Morgan fingerprint density at radius 2 is 2.00 bits per heavy atom. The first-order valence-electron chi connectivity index (χ1n) is 11.2. The van der Waals surface area contributed by atoms with Gasteiger partial charge in [-0.05, 0) is 49.9 Å². The van der Waals surface area contributed by atoms with Gasteiger partial charge in [0.15, 0.2) is 5.78 Å². The zero-order valence-corrected chi connectivity index (χ0v) is 18.8. The van der Waals surface area contributed by atoms with Gasteiger partial charge in [0.2, 0.25) is 5.95 Å². The molecule has 0 amide bonds. The van der Waals surface area contributed by atoms with Crippen LogP contribution in [0.5, 0.6) is 5.75 Å². The van der Waals surface area contributed by atoms with Gasteiger partial charge in [0.25, 0.3) is 0 Å². The molecule has 8 nitrogen and oxygen atoms in total. The lowest BCUT2D eigenvalue weighted by atomic mass is 9.97. The third-order valence-corrected chi connectivity index (χ3v) is 6.26. The number of hydrogen-bond acceptors (Lipinski definition) is 7. The van der Waals surface area contributed by atoms with Gasteiger partial charge in [0.05, 0.1) is 18.2 Å². The highest BCUT2D eigenvalue weighted by Crippen LogP contribution is 2.26. The molecule has 0 unspecified atom stereocenters. The molecule has 32 heavy (non-hydrogen) atoms. The van der Waals surface area contributed by atoms with E-state index in [1.165, 1.54) is 28.9 Å². The maximum atomic E-state index is 11.5. The smallest absolute Gasteiger partial charge is 0.225 e. The van der Waals surface area contributed by atoms with Crippen molar-refractivity contribution >= 4 is 22.6 Å². The van der Waals surface area contributed by atoms with Crippen LogP contribution in [0.3, 0.4) is 0 Å². The fourth-order valence-corrected chi connectivity index (χ4v) is 4.35. The topological polar surface area (TPSA) is 92.5 Å². The van der Waals surface area contributed by atoms with Crippen LogP contribution in [0, 0.1) is 5.92 Å². The van der Waals surface area contributed by atoms with Gasteiger partial charge in [0, 0.05) is 56.2 Å². The maximum absolute atomic E-state index is 11.5. The molecule has 2 N–H and O–H groups in total. The number of Topliss-reactive ketones (excluding diaryl/α,β-unsaturated/α-hetero) is 1. The Bertz CT molecular complexity index is 1060. The molecule has 0 saturated carbocycles. The third kappa shape index (κ3) is 4.76. The minimum absolute atomic E-state index is 0.346. The summed E-state index contributed by atoms with van der Waals surface area (Å²) in [6.07, 6.45) is 7.37. The van der Waals surface area contributed by atoms with Crippen LogP contribution in [0.4, 0.5) is 5.95 Å². The summed E-state index contributed by atoms with van der Waals surface area (Å²) in [6, 6.07) is 6.28. The molecule has 1 aliphatic rings. The van der Waals surface area contributed by atoms with Gasteiger partial charge in [-0.1, -0.05) is 0 Å². The van der Waals surface area contributed by atoms with Crippen LogP contribution < -0.4 is 15.0 Å².